The first-order chi connectivity index (χ1) is 6.76. The fraction of sp³-hybridized carbons (Fsp3) is 0.875. The number of hydrogen-bond acceptors (Lipinski definition) is 5. The van der Waals surface area contributed by atoms with Crippen molar-refractivity contribution in [1.82, 2.24) is 20.2 Å². The summed E-state index contributed by atoms with van der Waals surface area (Å²) in [4.78, 5) is 0. The highest BCUT2D eigenvalue weighted by molar-refractivity contribution is 5.22. The zero-order valence-corrected chi connectivity index (χ0v) is 8.53. The van der Waals surface area contributed by atoms with Gasteiger partial charge in [0.25, 0.3) is 0 Å². The number of anilines is 1. The van der Waals surface area contributed by atoms with E-state index in [1.165, 1.54) is 6.42 Å². The van der Waals surface area contributed by atoms with Gasteiger partial charge in [-0.1, -0.05) is 5.10 Å². The van der Waals surface area contributed by atoms with Crippen molar-refractivity contribution in [3.63, 3.8) is 0 Å². The summed E-state index contributed by atoms with van der Waals surface area (Å²) in [5.74, 6) is 0.688. The molecule has 1 aromatic heterocycles. The van der Waals surface area contributed by atoms with Crippen LogP contribution in [-0.4, -0.2) is 39.5 Å². The minimum atomic E-state index is 0.00590. The second-order valence-electron chi connectivity index (χ2n) is 3.72. The number of aromatic nitrogens is 4. The van der Waals surface area contributed by atoms with E-state index in [1.54, 1.807) is 11.8 Å². The minimum absolute atomic E-state index is 0.00590. The van der Waals surface area contributed by atoms with E-state index >= 15 is 0 Å². The van der Waals surface area contributed by atoms with Crippen LogP contribution in [0.15, 0.2) is 0 Å². The number of ether oxygens (including phenoxy) is 1. The van der Waals surface area contributed by atoms with Gasteiger partial charge in [0.05, 0.1) is 5.60 Å². The van der Waals surface area contributed by atoms with E-state index in [2.05, 4.69) is 20.8 Å². The number of hydrogen-bond donors (Lipinski definition) is 1. The van der Waals surface area contributed by atoms with E-state index in [0.29, 0.717) is 5.95 Å². The van der Waals surface area contributed by atoms with E-state index in [1.807, 2.05) is 7.05 Å². The summed E-state index contributed by atoms with van der Waals surface area (Å²) >= 11 is 0. The number of tetrazole rings is 1. The lowest BCUT2D eigenvalue weighted by Gasteiger charge is -2.40. The molecule has 2 rings (SSSR count). The highest BCUT2D eigenvalue weighted by atomic mass is 16.5. The molecular formula is C8H15N5O. The van der Waals surface area contributed by atoms with Gasteiger partial charge in [-0.15, -0.1) is 0 Å². The molecule has 78 valence electrons. The Morgan fingerprint density at radius 3 is 2.79 bits per heavy atom. The van der Waals surface area contributed by atoms with Crippen LogP contribution in [0, 0.1) is 0 Å². The van der Waals surface area contributed by atoms with Gasteiger partial charge in [-0.3, -0.25) is 0 Å². The molecule has 0 radical (unpaired) electrons. The van der Waals surface area contributed by atoms with E-state index in [-0.39, 0.29) is 5.60 Å². The second-order valence-corrected chi connectivity index (χ2v) is 3.72. The molecule has 0 aliphatic heterocycles. The molecule has 1 aromatic rings. The quantitative estimate of drug-likeness (QED) is 0.746. The summed E-state index contributed by atoms with van der Waals surface area (Å²) in [5, 5.41) is 14.3. The first kappa shape index (κ1) is 9.39. The Kier molecular flexibility index (Phi) is 2.37. The van der Waals surface area contributed by atoms with Crippen LogP contribution >= 0.6 is 0 Å². The Morgan fingerprint density at radius 2 is 2.36 bits per heavy atom. The van der Waals surface area contributed by atoms with Crippen LogP contribution in [-0.2, 0) is 11.8 Å². The predicted octanol–water partition coefficient (Wildman–Crippen LogP) is 0.191. The van der Waals surface area contributed by atoms with E-state index < -0.39 is 0 Å². The fourth-order valence-corrected chi connectivity index (χ4v) is 1.64. The molecule has 14 heavy (non-hydrogen) atoms. The highest BCUT2D eigenvalue weighted by Crippen LogP contribution is 2.34. The summed E-state index contributed by atoms with van der Waals surface area (Å²) in [6.45, 7) is 0.776. The topological polar surface area (TPSA) is 64.9 Å². The predicted molar refractivity (Wildman–Crippen MR) is 50.9 cm³/mol. The molecule has 1 aliphatic carbocycles. The molecular weight excluding hydrogens is 182 g/mol. The molecule has 1 fully saturated rings. The Morgan fingerprint density at radius 1 is 1.57 bits per heavy atom. The molecule has 1 heterocycles. The van der Waals surface area contributed by atoms with Gasteiger partial charge in [-0.2, -0.15) is 0 Å². The van der Waals surface area contributed by atoms with E-state index in [0.717, 1.165) is 19.4 Å². The third-order valence-corrected chi connectivity index (χ3v) is 2.89. The van der Waals surface area contributed by atoms with Crippen molar-refractivity contribution in [1.29, 1.82) is 0 Å². The van der Waals surface area contributed by atoms with Crippen molar-refractivity contribution in [3.05, 3.63) is 0 Å². The molecule has 0 atom stereocenters. The van der Waals surface area contributed by atoms with Gasteiger partial charge in [-0.25, -0.2) is 4.68 Å². The van der Waals surface area contributed by atoms with Crippen LogP contribution in [0.3, 0.4) is 0 Å². The number of aryl methyl sites for hydroxylation is 1. The largest absolute Gasteiger partial charge is 0.376 e. The van der Waals surface area contributed by atoms with Gasteiger partial charge in [0.15, 0.2) is 0 Å². The SMILES string of the molecule is COC1(CNc2nnnn2C)CCC1. The Bertz CT molecular complexity index is 301. The molecule has 0 spiro atoms. The van der Waals surface area contributed by atoms with Gasteiger partial charge in [0, 0.05) is 20.7 Å². The molecule has 1 saturated carbocycles. The van der Waals surface area contributed by atoms with Crippen LogP contribution in [0.25, 0.3) is 0 Å². The van der Waals surface area contributed by atoms with Gasteiger partial charge < -0.3 is 10.1 Å². The van der Waals surface area contributed by atoms with Crippen molar-refractivity contribution in [2.45, 2.75) is 24.9 Å². The van der Waals surface area contributed by atoms with Gasteiger partial charge in [-0.05, 0) is 29.7 Å². The first-order valence-corrected chi connectivity index (χ1v) is 4.77. The Balaban J connectivity index is 1.90. The summed E-state index contributed by atoms with van der Waals surface area (Å²) < 4.78 is 7.08. The molecule has 0 bridgehead atoms. The second kappa shape index (κ2) is 3.53. The van der Waals surface area contributed by atoms with Crippen molar-refractivity contribution in [3.8, 4) is 0 Å². The van der Waals surface area contributed by atoms with Crippen molar-refractivity contribution in [2.75, 3.05) is 19.0 Å². The monoisotopic (exact) mass is 197 g/mol. The molecule has 0 unspecified atom stereocenters. The van der Waals surface area contributed by atoms with E-state index in [4.69, 9.17) is 4.74 Å². The molecule has 1 N–H and O–H groups in total. The molecule has 1 aliphatic rings. The van der Waals surface area contributed by atoms with Crippen molar-refractivity contribution in [2.24, 2.45) is 7.05 Å². The highest BCUT2D eigenvalue weighted by Gasteiger charge is 2.36. The lowest BCUT2D eigenvalue weighted by molar-refractivity contribution is -0.0602. The standard InChI is InChI=1S/C8H15N5O/c1-13-7(10-11-12-13)9-6-8(14-2)4-3-5-8/h3-6H2,1-2H3,(H,9,10,12). The van der Waals surface area contributed by atoms with Crippen LogP contribution in [0.1, 0.15) is 19.3 Å². The third-order valence-electron chi connectivity index (χ3n) is 2.89. The summed E-state index contributed by atoms with van der Waals surface area (Å²) in [7, 11) is 3.57. The molecule has 0 aromatic carbocycles. The summed E-state index contributed by atoms with van der Waals surface area (Å²) in [6, 6.07) is 0. The van der Waals surface area contributed by atoms with E-state index in [9.17, 15) is 0 Å². The molecule has 6 nitrogen and oxygen atoms in total. The van der Waals surface area contributed by atoms with Crippen molar-refractivity contribution < 1.29 is 4.74 Å². The maximum absolute atomic E-state index is 5.47. The summed E-state index contributed by atoms with van der Waals surface area (Å²) in [6.07, 6.45) is 3.47. The number of nitrogens with zero attached hydrogens (tertiary/aromatic N) is 4. The molecule has 6 heteroatoms. The zero-order valence-electron chi connectivity index (χ0n) is 8.53. The van der Waals surface area contributed by atoms with Crippen LogP contribution in [0.2, 0.25) is 0 Å². The maximum atomic E-state index is 5.47. The smallest absolute Gasteiger partial charge is 0.242 e. The number of nitrogens with one attached hydrogen (secondary N) is 1. The average molecular weight is 197 g/mol. The minimum Gasteiger partial charge on any atom is -0.376 e. The van der Waals surface area contributed by atoms with Crippen LogP contribution in [0.4, 0.5) is 5.95 Å². The van der Waals surface area contributed by atoms with Crippen molar-refractivity contribution >= 4 is 5.95 Å². The summed E-state index contributed by atoms with van der Waals surface area (Å²) in [5.41, 5.74) is 0.00590. The fourth-order valence-electron chi connectivity index (χ4n) is 1.64. The lowest BCUT2D eigenvalue weighted by Crippen LogP contribution is -2.45. The van der Waals surface area contributed by atoms with Gasteiger partial charge >= 0.3 is 0 Å². The maximum Gasteiger partial charge on any atom is 0.242 e. The number of methoxy groups -OCH3 is 1. The van der Waals surface area contributed by atoms with Crippen LogP contribution < -0.4 is 5.32 Å². The first-order valence-electron chi connectivity index (χ1n) is 4.77. The lowest BCUT2D eigenvalue weighted by atomic mass is 9.80. The average Bonchev–Trinajstić information content (AvgIpc) is 2.51. The zero-order chi connectivity index (χ0) is 10.0. The van der Waals surface area contributed by atoms with Gasteiger partial charge in [0.1, 0.15) is 0 Å². The number of rotatable bonds is 4. The third kappa shape index (κ3) is 1.57. The Labute approximate surface area is 82.6 Å². The van der Waals surface area contributed by atoms with Gasteiger partial charge in [0.2, 0.25) is 5.95 Å². The van der Waals surface area contributed by atoms with Crippen LogP contribution in [0.5, 0.6) is 0 Å². The Hall–Kier alpha value is -1.17. The normalized spacial score (nSPS) is 19.0. The molecule has 0 amide bonds. The molecule has 0 saturated heterocycles.